The van der Waals surface area contributed by atoms with Crippen LogP contribution in [0.25, 0.3) is 0 Å². The lowest BCUT2D eigenvalue weighted by Crippen LogP contribution is -2.19. The number of ether oxygens (including phenoxy) is 1. The topological polar surface area (TPSA) is 45.0 Å². The Labute approximate surface area is 124 Å². The van der Waals surface area contributed by atoms with Crippen molar-refractivity contribution in [2.24, 2.45) is 0 Å². The zero-order valence-electron chi connectivity index (χ0n) is 11.8. The van der Waals surface area contributed by atoms with Gasteiger partial charge in [0.25, 0.3) is 0 Å². The van der Waals surface area contributed by atoms with Crippen LogP contribution in [-0.4, -0.2) is 6.61 Å². The second kappa shape index (κ2) is 7.41. The van der Waals surface area contributed by atoms with E-state index in [2.05, 4.69) is 11.4 Å². The molecule has 1 N–H and O–H groups in total. The molecule has 0 aliphatic rings. The minimum atomic E-state index is -0.411. The molecule has 0 aromatic heterocycles. The number of benzene rings is 2. The van der Waals surface area contributed by atoms with E-state index in [0.29, 0.717) is 13.2 Å². The van der Waals surface area contributed by atoms with E-state index in [1.165, 1.54) is 12.1 Å². The van der Waals surface area contributed by atoms with Crippen LogP contribution in [0.3, 0.4) is 0 Å². The van der Waals surface area contributed by atoms with Crippen molar-refractivity contribution in [1.29, 1.82) is 5.26 Å². The molecule has 0 bridgehead atoms. The van der Waals surface area contributed by atoms with Gasteiger partial charge in [0.05, 0.1) is 12.7 Å². The maximum absolute atomic E-state index is 12.8. The van der Waals surface area contributed by atoms with Gasteiger partial charge < -0.3 is 4.74 Å². The Morgan fingerprint density at radius 1 is 1.14 bits per heavy atom. The molecule has 0 spiro atoms. The van der Waals surface area contributed by atoms with Crippen LogP contribution in [0.2, 0.25) is 0 Å². The van der Waals surface area contributed by atoms with Crippen molar-refractivity contribution in [1.82, 2.24) is 5.32 Å². The average Bonchev–Trinajstić information content (AvgIpc) is 2.51. The largest absolute Gasteiger partial charge is 0.494 e. The molecule has 1 atom stereocenters. The molecule has 0 saturated heterocycles. The quantitative estimate of drug-likeness (QED) is 0.882. The smallest absolute Gasteiger partial charge is 0.123 e. The van der Waals surface area contributed by atoms with Crippen molar-refractivity contribution in [2.45, 2.75) is 19.5 Å². The Morgan fingerprint density at radius 2 is 1.81 bits per heavy atom. The molecule has 0 heterocycles. The molecule has 0 aliphatic carbocycles. The lowest BCUT2D eigenvalue weighted by Gasteiger charge is -2.12. The lowest BCUT2D eigenvalue weighted by molar-refractivity contribution is 0.340. The Kier molecular flexibility index (Phi) is 5.30. The number of halogens is 1. The van der Waals surface area contributed by atoms with Crippen molar-refractivity contribution < 1.29 is 9.13 Å². The zero-order chi connectivity index (χ0) is 15.1. The van der Waals surface area contributed by atoms with Gasteiger partial charge in [0.15, 0.2) is 0 Å². The molecule has 2 rings (SSSR count). The lowest BCUT2D eigenvalue weighted by atomic mass is 10.1. The van der Waals surface area contributed by atoms with Gasteiger partial charge in [-0.1, -0.05) is 24.3 Å². The molecule has 0 aliphatic heterocycles. The minimum Gasteiger partial charge on any atom is -0.494 e. The second-order valence-corrected chi connectivity index (χ2v) is 4.57. The number of hydrogen-bond acceptors (Lipinski definition) is 3. The molecule has 3 nitrogen and oxygen atoms in total. The fraction of sp³-hybridized carbons (Fsp3) is 0.235. The molecule has 0 fully saturated rings. The molecular formula is C17H17FN2O. The number of rotatable bonds is 6. The molecule has 1 unspecified atom stereocenters. The summed E-state index contributed by atoms with van der Waals surface area (Å²) in [4.78, 5) is 0. The summed E-state index contributed by atoms with van der Waals surface area (Å²) in [6.07, 6.45) is 0. The summed E-state index contributed by atoms with van der Waals surface area (Å²) in [7, 11) is 0. The summed E-state index contributed by atoms with van der Waals surface area (Å²) in [5.41, 5.74) is 1.81. The Balaban J connectivity index is 1.99. The van der Waals surface area contributed by atoms with Crippen molar-refractivity contribution in [3.63, 3.8) is 0 Å². The Morgan fingerprint density at radius 3 is 2.38 bits per heavy atom. The average molecular weight is 284 g/mol. The molecule has 0 radical (unpaired) electrons. The van der Waals surface area contributed by atoms with Gasteiger partial charge in [0.1, 0.15) is 17.6 Å². The zero-order valence-corrected chi connectivity index (χ0v) is 11.8. The van der Waals surface area contributed by atoms with Gasteiger partial charge in [-0.3, -0.25) is 5.32 Å². The number of nitrogens with zero attached hydrogens (tertiary/aromatic N) is 1. The van der Waals surface area contributed by atoms with Crippen LogP contribution >= 0.6 is 0 Å². The summed E-state index contributed by atoms with van der Waals surface area (Å²) in [6.45, 7) is 3.05. The summed E-state index contributed by atoms with van der Waals surface area (Å²) in [5, 5.41) is 12.4. The predicted molar refractivity (Wildman–Crippen MR) is 79.2 cm³/mol. The molecule has 0 amide bonds. The summed E-state index contributed by atoms with van der Waals surface area (Å²) in [5.74, 6) is 0.526. The number of hydrogen-bond donors (Lipinski definition) is 1. The fourth-order valence-electron chi connectivity index (χ4n) is 1.98. The Bertz CT molecular complexity index is 602. The van der Waals surface area contributed by atoms with E-state index in [1.54, 1.807) is 12.1 Å². The molecule has 108 valence electrons. The van der Waals surface area contributed by atoms with Gasteiger partial charge in [0.2, 0.25) is 0 Å². The Hall–Kier alpha value is -2.38. The van der Waals surface area contributed by atoms with E-state index >= 15 is 0 Å². The van der Waals surface area contributed by atoms with Crippen LogP contribution in [-0.2, 0) is 6.54 Å². The fourth-order valence-corrected chi connectivity index (χ4v) is 1.98. The summed E-state index contributed by atoms with van der Waals surface area (Å²) in [6, 6.07) is 15.5. The number of nitriles is 1. The summed E-state index contributed by atoms with van der Waals surface area (Å²) >= 11 is 0. The van der Waals surface area contributed by atoms with Gasteiger partial charge in [-0.05, 0) is 42.3 Å². The second-order valence-electron chi connectivity index (χ2n) is 4.57. The van der Waals surface area contributed by atoms with Gasteiger partial charge in [-0.15, -0.1) is 0 Å². The van der Waals surface area contributed by atoms with Crippen LogP contribution in [0, 0.1) is 17.1 Å². The van der Waals surface area contributed by atoms with E-state index in [-0.39, 0.29) is 5.82 Å². The van der Waals surface area contributed by atoms with E-state index in [0.717, 1.165) is 16.9 Å². The molecule has 0 saturated carbocycles. The van der Waals surface area contributed by atoms with E-state index in [9.17, 15) is 9.65 Å². The maximum atomic E-state index is 12.8. The van der Waals surface area contributed by atoms with E-state index in [4.69, 9.17) is 4.74 Å². The van der Waals surface area contributed by atoms with Crippen LogP contribution in [0.4, 0.5) is 4.39 Å². The van der Waals surface area contributed by atoms with Crippen LogP contribution < -0.4 is 10.1 Å². The third-order valence-corrected chi connectivity index (χ3v) is 3.08. The van der Waals surface area contributed by atoms with Crippen LogP contribution in [0.15, 0.2) is 48.5 Å². The third-order valence-electron chi connectivity index (χ3n) is 3.08. The molecule has 2 aromatic rings. The highest BCUT2D eigenvalue weighted by Crippen LogP contribution is 2.18. The van der Waals surface area contributed by atoms with Crippen LogP contribution in [0.1, 0.15) is 24.1 Å². The monoisotopic (exact) mass is 284 g/mol. The highest BCUT2D eigenvalue weighted by Gasteiger charge is 2.09. The molecule has 2 aromatic carbocycles. The van der Waals surface area contributed by atoms with E-state index < -0.39 is 6.04 Å². The first kappa shape index (κ1) is 15.0. The first-order valence-electron chi connectivity index (χ1n) is 6.83. The SMILES string of the molecule is CCOc1ccc(C(C#N)NCc2ccc(F)cc2)cc1. The first-order valence-corrected chi connectivity index (χ1v) is 6.83. The molecular weight excluding hydrogens is 267 g/mol. The van der Waals surface area contributed by atoms with Crippen molar-refractivity contribution in [3.05, 3.63) is 65.5 Å². The van der Waals surface area contributed by atoms with Gasteiger partial charge in [0, 0.05) is 6.54 Å². The molecule has 4 heteroatoms. The van der Waals surface area contributed by atoms with E-state index in [1.807, 2.05) is 31.2 Å². The summed E-state index contributed by atoms with van der Waals surface area (Å²) < 4.78 is 18.2. The van der Waals surface area contributed by atoms with Crippen molar-refractivity contribution in [2.75, 3.05) is 6.61 Å². The molecule has 21 heavy (non-hydrogen) atoms. The highest BCUT2D eigenvalue weighted by atomic mass is 19.1. The van der Waals surface area contributed by atoms with Gasteiger partial charge in [-0.25, -0.2) is 4.39 Å². The maximum Gasteiger partial charge on any atom is 0.123 e. The highest BCUT2D eigenvalue weighted by molar-refractivity contribution is 5.31. The van der Waals surface area contributed by atoms with Gasteiger partial charge in [-0.2, -0.15) is 5.26 Å². The standard InChI is InChI=1S/C17H17FN2O/c1-2-21-16-9-5-14(6-10-16)17(11-19)20-12-13-3-7-15(18)8-4-13/h3-10,17,20H,2,12H2,1H3. The number of nitrogens with one attached hydrogen (secondary N) is 1. The minimum absolute atomic E-state index is 0.262. The first-order chi connectivity index (χ1) is 10.2. The van der Waals surface area contributed by atoms with Crippen LogP contribution in [0.5, 0.6) is 5.75 Å². The van der Waals surface area contributed by atoms with Gasteiger partial charge >= 0.3 is 0 Å². The van der Waals surface area contributed by atoms with Crippen molar-refractivity contribution in [3.8, 4) is 11.8 Å². The third kappa shape index (κ3) is 4.30. The normalized spacial score (nSPS) is 11.7. The predicted octanol–water partition coefficient (Wildman–Crippen LogP) is 3.58. The van der Waals surface area contributed by atoms with Crippen molar-refractivity contribution >= 4 is 0 Å².